The molecule has 1 aromatic carbocycles. The number of carbonyl (C=O) groups excluding carboxylic acids is 2. The van der Waals surface area contributed by atoms with Crippen molar-refractivity contribution in [1.29, 1.82) is 0 Å². The van der Waals surface area contributed by atoms with Crippen molar-refractivity contribution < 1.29 is 14.0 Å². The molecule has 0 bridgehead atoms. The van der Waals surface area contributed by atoms with Crippen molar-refractivity contribution in [3.8, 4) is 11.5 Å². The van der Waals surface area contributed by atoms with Gasteiger partial charge in [0.25, 0.3) is 5.91 Å². The third-order valence-corrected chi connectivity index (χ3v) is 4.52. The molecule has 0 saturated carbocycles. The van der Waals surface area contributed by atoms with Crippen molar-refractivity contribution in [1.82, 2.24) is 15.8 Å². The Balaban J connectivity index is 1.55. The minimum atomic E-state index is -0.391. The Labute approximate surface area is 152 Å². The van der Waals surface area contributed by atoms with Gasteiger partial charge in [-0.1, -0.05) is 11.6 Å². The Kier molecular flexibility index (Phi) is 5.16. The van der Waals surface area contributed by atoms with Gasteiger partial charge in [0.05, 0.1) is 17.0 Å². The summed E-state index contributed by atoms with van der Waals surface area (Å²) >= 11 is 7.19. The number of aryl methyl sites for hydroxylation is 1. The van der Waals surface area contributed by atoms with Gasteiger partial charge in [0.2, 0.25) is 11.8 Å². The number of rotatable bonds is 4. The number of aromatic nitrogens is 1. The Bertz CT molecular complexity index is 902. The molecule has 0 aliphatic carbocycles. The fourth-order valence-corrected chi connectivity index (χ4v) is 2.96. The van der Waals surface area contributed by atoms with Gasteiger partial charge in [-0.15, -0.1) is 11.3 Å². The normalized spacial score (nSPS) is 10.5. The molecule has 25 heavy (non-hydrogen) atoms. The maximum absolute atomic E-state index is 11.9. The molecule has 0 atom stereocenters. The summed E-state index contributed by atoms with van der Waals surface area (Å²) in [6.07, 6.45) is 1.40. The minimum absolute atomic E-state index is 0.0131. The fraction of sp³-hybridized carbons (Fsp3) is 0.118. The molecule has 0 saturated heterocycles. The summed E-state index contributed by atoms with van der Waals surface area (Å²) in [4.78, 5) is 29.6. The number of thiophene rings is 1. The maximum Gasteiger partial charge on any atom is 0.279 e. The predicted molar refractivity (Wildman–Crippen MR) is 95.3 cm³/mol. The Morgan fingerprint density at radius 2 is 1.92 bits per heavy atom. The lowest BCUT2D eigenvalue weighted by Crippen LogP contribution is -2.42. The smallest absolute Gasteiger partial charge is 0.279 e. The van der Waals surface area contributed by atoms with E-state index in [0.717, 1.165) is 10.4 Å². The lowest BCUT2D eigenvalue weighted by Gasteiger charge is -2.04. The fourth-order valence-electron chi connectivity index (χ4n) is 2.07. The van der Waals surface area contributed by atoms with Crippen LogP contribution >= 0.6 is 22.9 Å². The second-order valence-corrected chi connectivity index (χ2v) is 6.96. The first-order valence-corrected chi connectivity index (χ1v) is 8.56. The molecule has 0 spiro atoms. The molecule has 0 radical (unpaired) electrons. The number of hydrazine groups is 1. The van der Waals surface area contributed by atoms with Gasteiger partial charge in [-0.2, -0.15) is 0 Å². The van der Waals surface area contributed by atoms with E-state index in [4.69, 9.17) is 16.0 Å². The van der Waals surface area contributed by atoms with E-state index in [1.807, 2.05) is 13.0 Å². The summed E-state index contributed by atoms with van der Waals surface area (Å²) in [5.74, 6) is -0.344. The topological polar surface area (TPSA) is 84.2 Å². The van der Waals surface area contributed by atoms with Gasteiger partial charge in [0.15, 0.2) is 0 Å². The van der Waals surface area contributed by atoms with Crippen LogP contribution in [0.5, 0.6) is 0 Å². The van der Waals surface area contributed by atoms with E-state index in [-0.39, 0.29) is 12.3 Å². The second kappa shape index (κ2) is 7.50. The van der Waals surface area contributed by atoms with E-state index in [0.29, 0.717) is 21.5 Å². The molecule has 3 aromatic rings. The first-order valence-electron chi connectivity index (χ1n) is 7.37. The highest BCUT2D eigenvalue weighted by atomic mass is 35.5. The molecule has 2 heterocycles. The number of halogens is 1. The molecule has 3 rings (SSSR count). The standard InChI is InChI=1S/C17H14ClN3O3S/c1-10-2-7-14(25-10)16(23)21-20-15(22)8-13-9-24-17(19-13)11-3-5-12(18)6-4-11/h2-7,9H,8H2,1H3,(H,20,22)(H,21,23). The highest BCUT2D eigenvalue weighted by Crippen LogP contribution is 2.21. The molecule has 6 nitrogen and oxygen atoms in total. The number of nitrogens with one attached hydrogen (secondary N) is 2. The number of amides is 2. The summed E-state index contributed by atoms with van der Waals surface area (Å²) in [7, 11) is 0. The van der Waals surface area contributed by atoms with Crippen LogP contribution in [0.3, 0.4) is 0 Å². The van der Waals surface area contributed by atoms with E-state index < -0.39 is 5.91 Å². The lowest BCUT2D eigenvalue weighted by atomic mass is 10.2. The molecular formula is C17H14ClN3O3S. The molecule has 8 heteroatoms. The van der Waals surface area contributed by atoms with Gasteiger partial charge >= 0.3 is 0 Å². The van der Waals surface area contributed by atoms with Crippen LogP contribution in [0.1, 0.15) is 20.2 Å². The second-order valence-electron chi connectivity index (χ2n) is 5.24. The van der Waals surface area contributed by atoms with Crippen molar-refractivity contribution in [2.45, 2.75) is 13.3 Å². The van der Waals surface area contributed by atoms with Gasteiger partial charge in [-0.05, 0) is 43.3 Å². The van der Waals surface area contributed by atoms with Crippen LogP contribution in [-0.4, -0.2) is 16.8 Å². The predicted octanol–water partition coefficient (Wildman–Crippen LogP) is 3.37. The number of hydrogen-bond donors (Lipinski definition) is 2. The Hall–Kier alpha value is -2.64. The Morgan fingerprint density at radius 3 is 2.60 bits per heavy atom. The van der Waals surface area contributed by atoms with Crippen LogP contribution in [0.15, 0.2) is 47.1 Å². The van der Waals surface area contributed by atoms with E-state index in [1.54, 1.807) is 30.3 Å². The zero-order chi connectivity index (χ0) is 17.8. The molecule has 0 aliphatic heterocycles. The summed E-state index contributed by atoms with van der Waals surface area (Å²) in [5.41, 5.74) is 5.96. The largest absolute Gasteiger partial charge is 0.444 e. The highest BCUT2D eigenvalue weighted by molar-refractivity contribution is 7.13. The average Bonchev–Trinajstić information content (AvgIpc) is 3.22. The number of hydrogen-bond acceptors (Lipinski definition) is 5. The van der Waals surface area contributed by atoms with E-state index in [2.05, 4.69) is 15.8 Å². The number of benzene rings is 1. The summed E-state index contributed by atoms with van der Waals surface area (Å²) < 4.78 is 5.37. The summed E-state index contributed by atoms with van der Waals surface area (Å²) in [5, 5.41) is 0.617. The summed E-state index contributed by atoms with van der Waals surface area (Å²) in [6.45, 7) is 1.91. The van der Waals surface area contributed by atoms with Gasteiger partial charge in [-0.3, -0.25) is 20.4 Å². The zero-order valence-corrected chi connectivity index (χ0v) is 14.8. The van der Waals surface area contributed by atoms with Crippen LogP contribution in [0.25, 0.3) is 11.5 Å². The lowest BCUT2D eigenvalue weighted by molar-refractivity contribution is -0.121. The third-order valence-electron chi connectivity index (χ3n) is 3.26. The molecule has 0 aliphatic rings. The average molecular weight is 376 g/mol. The molecule has 0 unspecified atom stereocenters. The SMILES string of the molecule is Cc1ccc(C(=O)NNC(=O)Cc2coc(-c3ccc(Cl)cc3)n2)s1. The first kappa shape index (κ1) is 17.2. The maximum atomic E-state index is 11.9. The number of oxazole rings is 1. The van der Waals surface area contributed by atoms with E-state index in [9.17, 15) is 9.59 Å². The number of nitrogens with zero attached hydrogens (tertiary/aromatic N) is 1. The highest BCUT2D eigenvalue weighted by Gasteiger charge is 2.12. The van der Waals surface area contributed by atoms with Crippen molar-refractivity contribution in [2.75, 3.05) is 0 Å². The monoisotopic (exact) mass is 375 g/mol. The minimum Gasteiger partial charge on any atom is -0.444 e. The molecule has 2 amide bonds. The van der Waals surface area contributed by atoms with Crippen molar-refractivity contribution in [3.05, 3.63) is 63.1 Å². The molecule has 2 aromatic heterocycles. The molecule has 0 fully saturated rings. The van der Waals surface area contributed by atoms with Crippen molar-refractivity contribution in [2.24, 2.45) is 0 Å². The molecule has 2 N–H and O–H groups in total. The van der Waals surface area contributed by atoms with Crippen molar-refractivity contribution >= 4 is 34.8 Å². The van der Waals surface area contributed by atoms with Crippen LogP contribution in [0.4, 0.5) is 0 Å². The quantitative estimate of drug-likeness (QED) is 0.685. The van der Waals surface area contributed by atoms with E-state index >= 15 is 0 Å². The van der Waals surface area contributed by atoms with Gasteiger partial charge in [-0.25, -0.2) is 4.98 Å². The van der Waals surface area contributed by atoms with Crippen LogP contribution < -0.4 is 10.9 Å². The first-order chi connectivity index (χ1) is 12.0. The van der Waals surface area contributed by atoms with Crippen molar-refractivity contribution in [3.63, 3.8) is 0 Å². The van der Waals surface area contributed by atoms with E-state index in [1.165, 1.54) is 17.6 Å². The van der Waals surface area contributed by atoms with Crippen LogP contribution in [0.2, 0.25) is 5.02 Å². The van der Waals surface area contributed by atoms with Crippen LogP contribution in [-0.2, 0) is 11.2 Å². The third kappa shape index (κ3) is 4.46. The van der Waals surface area contributed by atoms with Gasteiger partial charge in [0, 0.05) is 15.5 Å². The molecule has 128 valence electrons. The Morgan fingerprint density at radius 1 is 1.16 bits per heavy atom. The van der Waals surface area contributed by atoms with Gasteiger partial charge in [0.1, 0.15) is 6.26 Å². The van der Waals surface area contributed by atoms with Crippen LogP contribution in [0, 0.1) is 6.92 Å². The van der Waals surface area contributed by atoms with Gasteiger partial charge < -0.3 is 4.42 Å². The zero-order valence-electron chi connectivity index (χ0n) is 13.2. The molecular weight excluding hydrogens is 362 g/mol. The summed E-state index contributed by atoms with van der Waals surface area (Å²) in [6, 6.07) is 10.6. The number of carbonyl (C=O) groups is 2.